The molecule has 0 aromatic carbocycles. The summed E-state index contributed by atoms with van der Waals surface area (Å²) in [7, 11) is 0. The molecule has 0 radical (unpaired) electrons. The molecule has 0 unspecified atom stereocenters. The molecule has 6 heteroatoms. The number of aryl methyl sites for hydroxylation is 2. The molecule has 3 N–H and O–H groups in total. The number of nitrogens with zero attached hydrogens (tertiary/aromatic N) is 1. The van der Waals surface area contributed by atoms with E-state index in [4.69, 9.17) is 10.3 Å². The van der Waals surface area contributed by atoms with E-state index in [0.29, 0.717) is 12.3 Å². The van der Waals surface area contributed by atoms with Gasteiger partial charge in [0.1, 0.15) is 5.76 Å². The molecular weight excluding hydrogens is 242 g/mol. The maximum absolute atomic E-state index is 11.8. The highest BCUT2D eigenvalue weighted by molar-refractivity contribution is 5.85. The summed E-state index contributed by atoms with van der Waals surface area (Å²) >= 11 is 0. The van der Waals surface area contributed by atoms with Gasteiger partial charge in [0.05, 0.1) is 12.1 Å². The largest absolute Gasteiger partial charge is 0.361 e. The van der Waals surface area contributed by atoms with Crippen LogP contribution in [0.1, 0.15) is 30.9 Å². The van der Waals surface area contributed by atoms with Crippen LogP contribution in [-0.2, 0) is 11.2 Å². The number of nitrogens with one attached hydrogen (secondary N) is 1. The summed E-state index contributed by atoms with van der Waals surface area (Å²) in [5.41, 5.74) is 6.78. The van der Waals surface area contributed by atoms with E-state index in [1.807, 2.05) is 20.8 Å². The van der Waals surface area contributed by atoms with Crippen LogP contribution in [0.3, 0.4) is 0 Å². The van der Waals surface area contributed by atoms with E-state index in [1.54, 1.807) is 6.92 Å². The molecule has 17 heavy (non-hydrogen) atoms. The third-order valence-corrected chi connectivity index (χ3v) is 2.51. The monoisotopic (exact) mass is 261 g/mol. The molecule has 0 bridgehead atoms. The van der Waals surface area contributed by atoms with Gasteiger partial charge in [-0.25, -0.2) is 0 Å². The van der Waals surface area contributed by atoms with Gasteiger partial charge in [-0.1, -0.05) is 5.16 Å². The first-order valence-corrected chi connectivity index (χ1v) is 5.28. The maximum Gasteiger partial charge on any atom is 0.225 e. The summed E-state index contributed by atoms with van der Waals surface area (Å²) < 4.78 is 5.00. The molecule has 0 aliphatic heterocycles. The molecule has 0 saturated heterocycles. The Bertz CT molecular complexity index is 369. The molecule has 1 aromatic rings. The minimum Gasteiger partial charge on any atom is -0.361 e. The number of amides is 1. The Morgan fingerprint density at radius 1 is 1.47 bits per heavy atom. The van der Waals surface area contributed by atoms with Crippen molar-refractivity contribution in [3.63, 3.8) is 0 Å². The maximum atomic E-state index is 11.8. The van der Waals surface area contributed by atoms with Crippen molar-refractivity contribution >= 4 is 18.3 Å². The van der Waals surface area contributed by atoms with E-state index in [2.05, 4.69) is 10.5 Å². The van der Waals surface area contributed by atoms with Crippen LogP contribution in [0.25, 0.3) is 0 Å². The van der Waals surface area contributed by atoms with Crippen molar-refractivity contribution in [1.29, 1.82) is 0 Å². The number of hydrogen-bond acceptors (Lipinski definition) is 4. The van der Waals surface area contributed by atoms with E-state index in [1.165, 1.54) is 0 Å². The molecular formula is C11H20ClN3O2. The lowest BCUT2D eigenvalue weighted by atomic mass is 10.0. The number of carbonyl (C=O) groups excluding carboxylic acids is 1. The van der Waals surface area contributed by atoms with Crippen LogP contribution in [0.5, 0.6) is 0 Å². The van der Waals surface area contributed by atoms with Gasteiger partial charge in [-0.2, -0.15) is 0 Å². The highest BCUT2D eigenvalue weighted by atomic mass is 35.5. The molecule has 0 spiro atoms. The Balaban J connectivity index is 0.00000256. The number of nitrogens with two attached hydrogens (primary N) is 1. The van der Waals surface area contributed by atoms with Crippen molar-refractivity contribution in [1.82, 2.24) is 10.5 Å². The zero-order valence-corrected chi connectivity index (χ0v) is 11.5. The normalized spacial score (nSPS) is 10.9. The van der Waals surface area contributed by atoms with Crippen LogP contribution < -0.4 is 11.1 Å². The van der Waals surface area contributed by atoms with Gasteiger partial charge in [0.25, 0.3) is 0 Å². The van der Waals surface area contributed by atoms with Crippen molar-refractivity contribution in [3.8, 4) is 0 Å². The first-order chi connectivity index (χ1) is 7.35. The summed E-state index contributed by atoms with van der Waals surface area (Å²) in [5, 5.41) is 6.67. The minimum atomic E-state index is -0.379. The first kappa shape index (κ1) is 15.9. The van der Waals surface area contributed by atoms with Crippen molar-refractivity contribution in [2.75, 3.05) is 6.54 Å². The fourth-order valence-corrected chi connectivity index (χ4v) is 1.39. The second-order valence-corrected chi connectivity index (χ2v) is 4.62. The molecule has 1 rings (SSSR count). The molecule has 1 amide bonds. The van der Waals surface area contributed by atoms with Crippen LogP contribution in [0, 0.1) is 13.8 Å². The van der Waals surface area contributed by atoms with Crippen molar-refractivity contribution in [3.05, 3.63) is 17.0 Å². The fourth-order valence-electron chi connectivity index (χ4n) is 1.39. The number of rotatable bonds is 4. The quantitative estimate of drug-likeness (QED) is 0.851. The average Bonchev–Trinajstić information content (AvgIpc) is 2.49. The molecule has 1 heterocycles. The third-order valence-electron chi connectivity index (χ3n) is 2.51. The van der Waals surface area contributed by atoms with Crippen LogP contribution in [0.4, 0.5) is 0 Å². The molecule has 0 saturated carbocycles. The fraction of sp³-hybridized carbons (Fsp3) is 0.636. The molecule has 98 valence electrons. The Kier molecular flexibility index (Phi) is 5.64. The van der Waals surface area contributed by atoms with E-state index in [-0.39, 0.29) is 30.3 Å². The van der Waals surface area contributed by atoms with Gasteiger partial charge in [0.15, 0.2) is 0 Å². The second-order valence-electron chi connectivity index (χ2n) is 4.62. The van der Waals surface area contributed by atoms with E-state index in [9.17, 15) is 4.79 Å². The zero-order chi connectivity index (χ0) is 12.3. The lowest BCUT2D eigenvalue weighted by Gasteiger charge is -2.24. The Morgan fingerprint density at radius 2 is 2.06 bits per heavy atom. The topological polar surface area (TPSA) is 81.2 Å². The Labute approximate surface area is 108 Å². The van der Waals surface area contributed by atoms with Gasteiger partial charge < -0.3 is 15.6 Å². The minimum absolute atomic E-state index is 0. The van der Waals surface area contributed by atoms with Crippen LogP contribution in [0.2, 0.25) is 0 Å². The molecule has 1 aromatic heterocycles. The van der Waals surface area contributed by atoms with Gasteiger partial charge in [0, 0.05) is 17.6 Å². The molecule has 5 nitrogen and oxygen atoms in total. The van der Waals surface area contributed by atoms with Crippen molar-refractivity contribution < 1.29 is 9.32 Å². The molecule has 0 atom stereocenters. The van der Waals surface area contributed by atoms with Gasteiger partial charge >= 0.3 is 0 Å². The summed E-state index contributed by atoms with van der Waals surface area (Å²) in [6.45, 7) is 7.81. The smallest absolute Gasteiger partial charge is 0.225 e. The van der Waals surface area contributed by atoms with E-state index >= 15 is 0 Å². The number of hydrogen-bond donors (Lipinski definition) is 2. The summed E-state index contributed by atoms with van der Waals surface area (Å²) in [5.74, 6) is 0.628. The lowest BCUT2D eigenvalue weighted by Crippen LogP contribution is -2.49. The highest BCUT2D eigenvalue weighted by Gasteiger charge is 2.20. The van der Waals surface area contributed by atoms with Gasteiger partial charge in [-0.15, -0.1) is 12.4 Å². The van der Waals surface area contributed by atoms with Crippen LogP contribution in [-0.4, -0.2) is 23.1 Å². The molecule has 0 aliphatic rings. The predicted molar refractivity (Wildman–Crippen MR) is 68.2 cm³/mol. The predicted octanol–water partition coefficient (Wildman–Crippen LogP) is 1.11. The van der Waals surface area contributed by atoms with Crippen molar-refractivity contribution in [2.24, 2.45) is 5.73 Å². The van der Waals surface area contributed by atoms with E-state index < -0.39 is 0 Å². The summed E-state index contributed by atoms with van der Waals surface area (Å²) in [6, 6.07) is 0. The summed E-state index contributed by atoms with van der Waals surface area (Å²) in [6.07, 6.45) is 0.282. The van der Waals surface area contributed by atoms with Gasteiger partial charge in [-0.3, -0.25) is 4.79 Å². The Morgan fingerprint density at radius 3 is 2.47 bits per heavy atom. The summed E-state index contributed by atoms with van der Waals surface area (Å²) in [4.78, 5) is 11.8. The van der Waals surface area contributed by atoms with Crippen LogP contribution in [0.15, 0.2) is 4.52 Å². The van der Waals surface area contributed by atoms with Gasteiger partial charge in [0.2, 0.25) is 5.91 Å². The highest BCUT2D eigenvalue weighted by Crippen LogP contribution is 2.13. The first-order valence-electron chi connectivity index (χ1n) is 5.28. The zero-order valence-electron chi connectivity index (χ0n) is 10.7. The second kappa shape index (κ2) is 6.02. The average molecular weight is 262 g/mol. The Hall–Kier alpha value is -1.07. The molecule has 0 fully saturated rings. The SMILES string of the molecule is Cc1noc(C)c1CC(=O)NC(C)(C)CN.Cl. The van der Waals surface area contributed by atoms with Crippen molar-refractivity contribution in [2.45, 2.75) is 39.7 Å². The number of aromatic nitrogens is 1. The number of carbonyl (C=O) groups is 1. The van der Waals surface area contributed by atoms with E-state index in [0.717, 1.165) is 11.3 Å². The standard InChI is InChI=1S/C11H19N3O2.ClH/c1-7-9(8(2)16-14-7)5-10(15)13-11(3,4)6-12;/h5-6,12H2,1-4H3,(H,13,15);1H. The lowest BCUT2D eigenvalue weighted by molar-refractivity contribution is -0.121. The molecule has 0 aliphatic carbocycles. The third kappa shape index (κ3) is 4.36. The number of halogens is 1. The van der Waals surface area contributed by atoms with Gasteiger partial charge in [-0.05, 0) is 27.7 Å². The van der Waals surface area contributed by atoms with Crippen LogP contribution >= 0.6 is 12.4 Å².